The monoisotopic (exact) mass is 638 g/mol. The van der Waals surface area contributed by atoms with Crippen LogP contribution in [0.25, 0.3) is 44.8 Å². The Kier molecular flexibility index (Phi) is 8.66. The number of rotatable bonds is 8. The fourth-order valence-electron chi connectivity index (χ4n) is 5.40. The number of hydrogen-bond acceptors (Lipinski definition) is 6. The van der Waals surface area contributed by atoms with Crippen molar-refractivity contribution in [2.45, 2.75) is 11.5 Å². The van der Waals surface area contributed by atoms with Crippen molar-refractivity contribution in [2.75, 3.05) is 0 Å². The summed E-state index contributed by atoms with van der Waals surface area (Å²) < 4.78 is 57.1. The summed E-state index contributed by atoms with van der Waals surface area (Å²) in [7, 11) is -3.98. The molecule has 0 atom stereocenters. The van der Waals surface area contributed by atoms with Crippen molar-refractivity contribution in [1.29, 1.82) is 10.5 Å². The maximum absolute atomic E-state index is 15.4. The minimum Gasteiger partial charge on any atom is -0.256 e. The normalized spacial score (nSPS) is 11.1. The van der Waals surface area contributed by atoms with Gasteiger partial charge in [0.05, 0.1) is 46.2 Å². The second-order valence-corrected chi connectivity index (χ2v) is 12.9. The molecule has 0 spiro atoms. The first-order valence-corrected chi connectivity index (χ1v) is 16.3. The van der Waals surface area contributed by atoms with Gasteiger partial charge in [-0.1, -0.05) is 60.7 Å². The van der Waals surface area contributed by atoms with E-state index in [0.29, 0.717) is 44.8 Å². The quantitative estimate of drug-likeness (QED) is 0.166. The highest BCUT2D eigenvalue weighted by Crippen LogP contribution is 2.34. The minimum absolute atomic E-state index is 0.0486. The van der Waals surface area contributed by atoms with Gasteiger partial charge in [-0.2, -0.15) is 10.5 Å². The zero-order chi connectivity index (χ0) is 33.0. The van der Waals surface area contributed by atoms with Crippen molar-refractivity contribution in [3.63, 3.8) is 0 Å². The van der Waals surface area contributed by atoms with Crippen molar-refractivity contribution in [3.05, 3.63) is 155 Å². The van der Waals surface area contributed by atoms with Crippen LogP contribution in [0.4, 0.5) is 8.78 Å². The first-order chi connectivity index (χ1) is 22.7. The molecule has 0 aliphatic carbocycles. The van der Waals surface area contributed by atoms with Crippen LogP contribution in [0.5, 0.6) is 0 Å². The Labute approximate surface area is 270 Å². The molecule has 0 aliphatic rings. The SMILES string of the molecule is N#Cc1cccc(-c2cccnc2-c2ccc(CS(=O)(=O)Cc3ccc(-c4ncccc4-c4cccc(C#N)c4)cc3F)c(F)c2)c1. The maximum Gasteiger partial charge on any atom is 0.158 e. The molecule has 0 amide bonds. The van der Waals surface area contributed by atoms with E-state index in [9.17, 15) is 18.9 Å². The summed E-state index contributed by atoms with van der Waals surface area (Å²) in [5.74, 6) is -2.71. The molecule has 0 saturated heterocycles. The van der Waals surface area contributed by atoms with Crippen LogP contribution in [0.3, 0.4) is 0 Å². The third kappa shape index (κ3) is 6.81. The molecule has 6 aromatic rings. The fraction of sp³-hybridized carbons (Fsp3) is 0.0526. The van der Waals surface area contributed by atoms with Gasteiger partial charge < -0.3 is 0 Å². The van der Waals surface area contributed by atoms with E-state index in [4.69, 9.17) is 0 Å². The molecule has 0 aliphatic heterocycles. The molecular weight excluding hydrogens is 615 g/mol. The molecule has 4 aromatic carbocycles. The molecule has 2 aromatic heterocycles. The molecule has 6 rings (SSSR count). The van der Waals surface area contributed by atoms with Gasteiger partial charge in [0.2, 0.25) is 0 Å². The van der Waals surface area contributed by atoms with Crippen LogP contribution in [-0.2, 0) is 21.3 Å². The average Bonchev–Trinajstić information content (AvgIpc) is 3.10. The van der Waals surface area contributed by atoms with Crippen LogP contribution >= 0.6 is 0 Å². The summed E-state index contributed by atoms with van der Waals surface area (Å²) in [4.78, 5) is 8.85. The summed E-state index contributed by atoms with van der Waals surface area (Å²) in [6.45, 7) is 0. The number of sulfone groups is 1. The van der Waals surface area contributed by atoms with Gasteiger partial charge in [-0.15, -0.1) is 0 Å². The molecule has 47 heavy (non-hydrogen) atoms. The molecule has 0 saturated carbocycles. The Morgan fingerprint density at radius 1 is 0.553 bits per heavy atom. The molecular formula is C38H24F2N4O2S. The van der Waals surface area contributed by atoms with E-state index >= 15 is 8.78 Å². The van der Waals surface area contributed by atoms with Crippen LogP contribution in [0, 0.1) is 34.3 Å². The molecule has 9 heteroatoms. The molecule has 6 nitrogen and oxygen atoms in total. The van der Waals surface area contributed by atoms with Gasteiger partial charge in [0.15, 0.2) is 9.84 Å². The fourth-order valence-corrected chi connectivity index (χ4v) is 6.92. The van der Waals surface area contributed by atoms with Crippen molar-refractivity contribution < 1.29 is 17.2 Å². The Balaban J connectivity index is 1.23. The first-order valence-electron chi connectivity index (χ1n) is 14.4. The summed E-state index contributed by atoms with van der Waals surface area (Å²) in [6, 6.07) is 33.7. The van der Waals surface area contributed by atoms with Crippen LogP contribution in [-0.4, -0.2) is 18.4 Å². The van der Waals surface area contributed by atoms with Crippen molar-refractivity contribution in [2.24, 2.45) is 0 Å². The number of pyridine rings is 2. The predicted octanol–water partition coefficient (Wildman–Crippen LogP) is 8.28. The molecule has 0 unspecified atom stereocenters. The second-order valence-electron chi connectivity index (χ2n) is 10.8. The second kappa shape index (κ2) is 13.1. The Hall–Kier alpha value is -6.03. The molecule has 2 heterocycles. The Bertz CT molecular complexity index is 2190. The van der Waals surface area contributed by atoms with Gasteiger partial charge in [0.25, 0.3) is 0 Å². The van der Waals surface area contributed by atoms with E-state index in [1.165, 1.54) is 24.3 Å². The summed E-state index contributed by atoms with van der Waals surface area (Å²) >= 11 is 0. The van der Waals surface area contributed by atoms with Gasteiger partial charge in [0.1, 0.15) is 11.6 Å². The zero-order valence-electron chi connectivity index (χ0n) is 24.7. The predicted molar refractivity (Wildman–Crippen MR) is 176 cm³/mol. The molecule has 0 radical (unpaired) electrons. The summed E-state index contributed by atoms with van der Waals surface area (Å²) in [5.41, 5.74) is 5.54. The maximum atomic E-state index is 15.4. The Morgan fingerprint density at radius 2 is 1.00 bits per heavy atom. The first kappa shape index (κ1) is 31.0. The van der Waals surface area contributed by atoms with Crippen LogP contribution in [0.15, 0.2) is 122 Å². The van der Waals surface area contributed by atoms with E-state index in [0.717, 1.165) is 11.1 Å². The lowest BCUT2D eigenvalue weighted by Gasteiger charge is -2.12. The molecule has 0 N–H and O–H groups in total. The standard InChI is InChI=1S/C38H24F2N4O2S/c39-35-19-29(37-33(9-3-15-43-37)27-7-1-5-25(17-27)21-41)11-13-31(35)23-47(45,46)24-32-14-12-30(20-36(32)40)38-34(10-4-16-44-38)28-8-2-6-26(18-28)22-42/h1-20H,23-24H2. The highest BCUT2D eigenvalue weighted by atomic mass is 32.2. The van der Waals surface area contributed by atoms with Crippen molar-refractivity contribution in [3.8, 4) is 56.9 Å². The average molecular weight is 639 g/mol. The summed E-state index contributed by atoms with van der Waals surface area (Å²) in [6.07, 6.45) is 3.15. The number of nitriles is 2. The number of aromatic nitrogens is 2. The lowest BCUT2D eigenvalue weighted by molar-refractivity contribution is 0.581. The third-order valence-corrected chi connectivity index (χ3v) is 9.13. The number of halogens is 2. The van der Waals surface area contributed by atoms with Gasteiger partial charge in [-0.3, -0.25) is 9.97 Å². The summed E-state index contributed by atoms with van der Waals surface area (Å²) in [5, 5.41) is 18.6. The van der Waals surface area contributed by atoms with Crippen molar-refractivity contribution in [1.82, 2.24) is 9.97 Å². The van der Waals surface area contributed by atoms with Crippen LogP contribution < -0.4 is 0 Å². The van der Waals surface area contributed by atoms with Gasteiger partial charge in [-0.25, -0.2) is 17.2 Å². The van der Waals surface area contributed by atoms with Gasteiger partial charge in [-0.05, 0) is 59.7 Å². The smallest absolute Gasteiger partial charge is 0.158 e. The molecule has 0 fully saturated rings. The lowest BCUT2D eigenvalue weighted by Crippen LogP contribution is -2.10. The van der Waals surface area contributed by atoms with E-state index < -0.39 is 33.0 Å². The number of nitrogens with zero attached hydrogens (tertiary/aromatic N) is 4. The topological polar surface area (TPSA) is 108 Å². The largest absolute Gasteiger partial charge is 0.256 e. The van der Waals surface area contributed by atoms with Crippen LogP contribution in [0.2, 0.25) is 0 Å². The van der Waals surface area contributed by atoms with Crippen molar-refractivity contribution >= 4 is 9.84 Å². The van der Waals surface area contributed by atoms with Crippen LogP contribution in [0.1, 0.15) is 22.3 Å². The zero-order valence-corrected chi connectivity index (χ0v) is 25.5. The number of benzene rings is 4. The number of hydrogen-bond donors (Lipinski definition) is 0. The minimum atomic E-state index is -3.98. The van der Waals surface area contributed by atoms with Gasteiger partial charge >= 0.3 is 0 Å². The molecule has 0 bridgehead atoms. The van der Waals surface area contributed by atoms with E-state index in [-0.39, 0.29) is 11.1 Å². The highest BCUT2D eigenvalue weighted by molar-refractivity contribution is 7.89. The van der Waals surface area contributed by atoms with E-state index in [1.54, 1.807) is 73.1 Å². The third-order valence-electron chi connectivity index (χ3n) is 7.62. The van der Waals surface area contributed by atoms with E-state index in [2.05, 4.69) is 22.1 Å². The van der Waals surface area contributed by atoms with Gasteiger partial charge in [0, 0.05) is 45.8 Å². The van der Waals surface area contributed by atoms with E-state index in [1.807, 2.05) is 24.3 Å². The molecule has 228 valence electrons. The lowest BCUT2D eigenvalue weighted by atomic mass is 9.97. The Morgan fingerprint density at radius 3 is 1.40 bits per heavy atom. The highest BCUT2D eigenvalue weighted by Gasteiger charge is 2.20.